The third-order valence-corrected chi connectivity index (χ3v) is 3.69. The number of para-hydroxylation sites is 1. The highest BCUT2D eigenvalue weighted by molar-refractivity contribution is 6.40. The molecule has 0 spiro atoms. The molecular weight excluding hydrogens is 320 g/mol. The van der Waals surface area contributed by atoms with Crippen LogP contribution in [0.1, 0.15) is 28.9 Å². The summed E-state index contributed by atoms with van der Waals surface area (Å²) in [5, 5.41) is 7.85. The first-order chi connectivity index (χ1) is 12.1. The molecular formula is C18H18N4O3. The Morgan fingerprint density at radius 1 is 1.00 bits per heavy atom. The summed E-state index contributed by atoms with van der Waals surface area (Å²) in [6.45, 7) is 0.150. The van der Waals surface area contributed by atoms with Crippen molar-refractivity contribution in [3.8, 4) is 0 Å². The van der Waals surface area contributed by atoms with Crippen LogP contribution in [0.5, 0.6) is 0 Å². The Bertz CT molecular complexity index is 788. The van der Waals surface area contributed by atoms with Gasteiger partial charge in [0.15, 0.2) is 0 Å². The number of anilines is 1. The largest absolute Gasteiger partial charge is 0.349 e. The highest BCUT2D eigenvalue weighted by atomic mass is 16.2. The fraction of sp³-hybridized carbons (Fsp3) is 0.222. The average molecular weight is 338 g/mol. The van der Waals surface area contributed by atoms with Gasteiger partial charge in [0.25, 0.3) is 5.91 Å². The Balaban J connectivity index is 1.60. The fourth-order valence-corrected chi connectivity index (χ4v) is 2.21. The van der Waals surface area contributed by atoms with Gasteiger partial charge in [0.2, 0.25) is 0 Å². The maximum absolute atomic E-state index is 12.2. The van der Waals surface area contributed by atoms with Crippen LogP contribution >= 0.6 is 0 Å². The number of rotatable bonds is 5. The molecule has 1 saturated carbocycles. The van der Waals surface area contributed by atoms with Gasteiger partial charge in [0.1, 0.15) is 0 Å². The maximum atomic E-state index is 12.2. The third-order valence-electron chi connectivity index (χ3n) is 3.69. The fourth-order valence-electron chi connectivity index (χ4n) is 2.21. The lowest BCUT2D eigenvalue weighted by atomic mass is 10.1. The van der Waals surface area contributed by atoms with E-state index in [1.165, 1.54) is 0 Å². The van der Waals surface area contributed by atoms with Crippen LogP contribution in [-0.4, -0.2) is 28.7 Å². The second-order valence-electron chi connectivity index (χ2n) is 5.75. The number of amides is 3. The Labute approximate surface area is 144 Å². The zero-order valence-electron chi connectivity index (χ0n) is 13.5. The van der Waals surface area contributed by atoms with Crippen molar-refractivity contribution < 1.29 is 14.4 Å². The Kier molecular flexibility index (Phi) is 5.03. The molecule has 2 aromatic rings. The van der Waals surface area contributed by atoms with E-state index < -0.39 is 11.8 Å². The summed E-state index contributed by atoms with van der Waals surface area (Å²) in [7, 11) is 0. The van der Waals surface area contributed by atoms with E-state index in [4.69, 9.17) is 0 Å². The van der Waals surface area contributed by atoms with Crippen LogP contribution in [-0.2, 0) is 16.1 Å². The molecule has 1 aliphatic carbocycles. The molecule has 0 unspecified atom stereocenters. The van der Waals surface area contributed by atoms with Crippen molar-refractivity contribution >= 4 is 23.4 Å². The van der Waals surface area contributed by atoms with Crippen LogP contribution in [0.4, 0.5) is 5.69 Å². The van der Waals surface area contributed by atoms with Gasteiger partial charge >= 0.3 is 11.8 Å². The van der Waals surface area contributed by atoms with E-state index in [-0.39, 0.29) is 18.5 Å². The lowest BCUT2D eigenvalue weighted by Crippen LogP contribution is -2.36. The molecule has 7 nitrogen and oxygen atoms in total. The van der Waals surface area contributed by atoms with Crippen LogP contribution in [0, 0.1) is 0 Å². The molecule has 1 fully saturated rings. The first kappa shape index (κ1) is 16.6. The molecule has 0 bridgehead atoms. The zero-order chi connectivity index (χ0) is 17.6. The van der Waals surface area contributed by atoms with Crippen LogP contribution in [0.25, 0.3) is 0 Å². The molecule has 7 heteroatoms. The van der Waals surface area contributed by atoms with Crippen molar-refractivity contribution in [3.63, 3.8) is 0 Å². The number of carbonyl (C=O) groups is 3. The standard InChI is InChI=1S/C18H18N4O3/c23-16(21-12-8-9-12)14-6-1-2-7-15(14)22-18(25)17(24)20-11-13-5-3-4-10-19-13/h1-7,10,12H,8-9,11H2,(H,20,24)(H,21,23)(H,22,25). The SMILES string of the molecule is O=C(NCc1ccccn1)C(=O)Nc1ccccc1C(=O)NC1CC1. The Morgan fingerprint density at radius 2 is 1.76 bits per heavy atom. The average Bonchev–Trinajstić information content (AvgIpc) is 3.45. The minimum atomic E-state index is -0.831. The Hall–Kier alpha value is -3.22. The van der Waals surface area contributed by atoms with Crippen LogP contribution in [0.2, 0.25) is 0 Å². The molecule has 1 heterocycles. The normalized spacial score (nSPS) is 13.0. The van der Waals surface area contributed by atoms with E-state index in [9.17, 15) is 14.4 Å². The van der Waals surface area contributed by atoms with Gasteiger partial charge in [-0.2, -0.15) is 0 Å². The number of hydrogen-bond donors (Lipinski definition) is 3. The van der Waals surface area contributed by atoms with Crippen molar-refractivity contribution in [1.29, 1.82) is 0 Å². The quantitative estimate of drug-likeness (QED) is 0.714. The molecule has 1 aromatic carbocycles. The van der Waals surface area contributed by atoms with E-state index >= 15 is 0 Å². The van der Waals surface area contributed by atoms with E-state index in [1.54, 1.807) is 48.7 Å². The van der Waals surface area contributed by atoms with Gasteiger partial charge in [-0.25, -0.2) is 0 Å². The van der Waals surface area contributed by atoms with Crippen molar-refractivity contribution in [3.05, 3.63) is 59.9 Å². The summed E-state index contributed by atoms with van der Waals surface area (Å²) < 4.78 is 0. The molecule has 3 N–H and O–H groups in total. The van der Waals surface area contributed by atoms with Gasteiger partial charge in [-0.15, -0.1) is 0 Å². The number of carbonyl (C=O) groups excluding carboxylic acids is 3. The van der Waals surface area contributed by atoms with Gasteiger partial charge in [0.05, 0.1) is 23.5 Å². The molecule has 1 aliphatic rings. The van der Waals surface area contributed by atoms with Crippen molar-refractivity contribution in [1.82, 2.24) is 15.6 Å². The summed E-state index contributed by atoms with van der Waals surface area (Å²) in [5.41, 5.74) is 1.28. The number of hydrogen-bond acceptors (Lipinski definition) is 4. The summed E-state index contributed by atoms with van der Waals surface area (Å²) >= 11 is 0. The number of aromatic nitrogens is 1. The van der Waals surface area contributed by atoms with E-state index in [1.807, 2.05) is 0 Å². The van der Waals surface area contributed by atoms with Crippen LogP contribution in [0.3, 0.4) is 0 Å². The van der Waals surface area contributed by atoms with Gasteiger partial charge in [-0.3, -0.25) is 19.4 Å². The lowest BCUT2D eigenvalue weighted by molar-refractivity contribution is -0.136. The predicted octanol–water partition coefficient (Wildman–Crippen LogP) is 1.23. The molecule has 3 rings (SSSR count). The molecule has 0 atom stereocenters. The first-order valence-electron chi connectivity index (χ1n) is 8.02. The Morgan fingerprint density at radius 3 is 2.48 bits per heavy atom. The lowest BCUT2D eigenvalue weighted by Gasteiger charge is -2.11. The number of pyridine rings is 1. The highest BCUT2D eigenvalue weighted by Gasteiger charge is 2.25. The molecule has 25 heavy (non-hydrogen) atoms. The highest BCUT2D eigenvalue weighted by Crippen LogP contribution is 2.21. The summed E-state index contributed by atoms with van der Waals surface area (Å²) in [4.78, 5) is 40.3. The van der Waals surface area contributed by atoms with Gasteiger partial charge in [0, 0.05) is 12.2 Å². The van der Waals surface area contributed by atoms with Crippen molar-refractivity contribution in [2.24, 2.45) is 0 Å². The second kappa shape index (κ2) is 7.57. The van der Waals surface area contributed by atoms with E-state index in [0.29, 0.717) is 16.9 Å². The summed E-state index contributed by atoms with van der Waals surface area (Å²) in [6, 6.07) is 12.1. The van der Waals surface area contributed by atoms with E-state index in [2.05, 4.69) is 20.9 Å². The van der Waals surface area contributed by atoms with Crippen molar-refractivity contribution in [2.45, 2.75) is 25.4 Å². The van der Waals surface area contributed by atoms with Gasteiger partial charge in [-0.05, 0) is 37.1 Å². The topological polar surface area (TPSA) is 100 Å². The predicted molar refractivity (Wildman–Crippen MR) is 91.6 cm³/mol. The minimum absolute atomic E-state index is 0.150. The van der Waals surface area contributed by atoms with Crippen LogP contribution in [0.15, 0.2) is 48.7 Å². The molecule has 0 aliphatic heterocycles. The van der Waals surface area contributed by atoms with Gasteiger partial charge < -0.3 is 16.0 Å². The summed E-state index contributed by atoms with van der Waals surface area (Å²) in [5.74, 6) is -1.88. The monoisotopic (exact) mass is 338 g/mol. The summed E-state index contributed by atoms with van der Waals surface area (Å²) in [6.07, 6.45) is 3.54. The molecule has 0 saturated heterocycles. The van der Waals surface area contributed by atoms with Crippen LogP contribution < -0.4 is 16.0 Å². The smallest absolute Gasteiger partial charge is 0.313 e. The minimum Gasteiger partial charge on any atom is -0.349 e. The van der Waals surface area contributed by atoms with Crippen molar-refractivity contribution in [2.75, 3.05) is 5.32 Å². The second-order valence-corrected chi connectivity index (χ2v) is 5.75. The number of nitrogens with zero attached hydrogens (tertiary/aromatic N) is 1. The first-order valence-corrected chi connectivity index (χ1v) is 8.02. The molecule has 128 valence electrons. The number of nitrogens with one attached hydrogen (secondary N) is 3. The maximum Gasteiger partial charge on any atom is 0.313 e. The van der Waals surface area contributed by atoms with Gasteiger partial charge in [-0.1, -0.05) is 18.2 Å². The number of benzene rings is 1. The zero-order valence-corrected chi connectivity index (χ0v) is 13.5. The van der Waals surface area contributed by atoms with E-state index in [0.717, 1.165) is 12.8 Å². The molecule has 0 radical (unpaired) electrons. The molecule has 3 amide bonds. The third kappa shape index (κ3) is 4.63. The molecule has 1 aromatic heterocycles.